The fourth-order valence-corrected chi connectivity index (χ4v) is 4.53. The number of aromatic nitrogens is 2. The summed E-state index contributed by atoms with van der Waals surface area (Å²) >= 11 is 1.55. The van der Waals surface area contributed by atoms with E-state index in [0.29, 0.717) is 5.69 Å². The molecule has 3 aromatic rings. The first-order valence-electron chi connectivity index (χ1n) is 9.58. The van der Waals surface area contributed by atoms with Gasteiger partial charge in [-0.1, -0.05) is 12.1 Å². The highest BCUT2D eigenvalue weighted by Crippen LogP contribution is 2.26. The van der Waals surface area contributed by atoms with Crippen LogP contribution in [0.25, 0.3) is 16.2 Å². The molecule has 1 fully saturated rings. The first-order chi connectivity index (χ1) is 14.9. The van der Waals surface area contributed by atoms with Gasteiger partial charge in [-0.15, -0.1) is 11.3 Å². The summed E-state index contributed by atoms with van der Waals surface area (Å²) in [5.41, 5.74) is 2.34. The average molecular weight is 437 g/mol. The Hall–Kier alpha value is -3.73. The van der Waals surface area contributed by atoms with Gasteiger partial charge < -0.3 is 15.1 Å². The molecule has 1 aromatic carbocycles. The van der Waals surface area contributed by atoms with Crippen molar-refractivity contribution in [2.45, 2.75) is 12.2 Å². The lowest BCUT2D eigenvalue weighted by Crippen LogP contribution is -2.64. The van der Waals surface area contributed by atoms with Gasteiger partial charge in [0.15, 0.2) is 17.2 Å². The van der Waals surface area contributed by atoms with Gasteiger partial charge in [0.2, 0.25) is 5.91 Å². The van der Waals surface area contributed by atoms with E-state index < -0.39 is 18.2 Å². The smallest absolute Gasteiger partial charge is 0.328 e. The second-order valence-corrected chi connectivity index (χ2v) is 8.31. The molecular formula is C20H19N7O3S. The Morgan fingerprint density at radius 2 is 2.10 bits per heavy atom. The van der Waals surface area contributed by atoms with Crippen LogP contribution in [0.4, 0.5) is 10.5 Å². The van der Waals surface area contributed by atoms with Crippen molar-refractivity contribution in [3.63, 3.8) is 0 Å². The summed E-state index contributed by atoms with van der Waals surface area (Å²) in [6, 6.07) is 6.33. The van der Waals surface area contributed by atoms with Crippen LogP contribution in [0.2, 0.25) is 0 Å². The summed E-state index contributed by atoms with van der Waals surface area (Å²) in [6.07, 6.45) is 4.73. The minimum atomic E-state index is -0.705. The van der Waals surface area contributed by atoms with Crippen LogP contribution in [0.1, 0.15) is 0 Å². The number of imidazole rings is 1. The predicted molar refractivity (Wildman–Crippen MR) is 116 cm³/mol. The number of urea groups is 1. The zero-order valence-electron chi connectivity index (χ0n) is 16.8. The van der Waals surface area contributed by atoms with E-state index in [1.165, 1.54) is 18.3 Å². The molecule has 0 radical (unpaired) electrons. The molecular weight excluding hydrogens is 418 g/mol. The number of amides is 4. The van der Waals surface area contributed by atoms with E-state index in [9.17, 15) is 14.4 Å². The summed E-state index contributed by atoms with van der Waals surface area (Å²) in [7, 11) is 3.02. The van der Waals surface area contributed by atoms with Crippen LogP contribution < -0.4 is 5.32 Å². The topological polar surface area (TPSA) is 103 Å². The molecule has 0 aliphatic carbocycles. The minimum absolute atomic E-state index is 0.0588. The van der Waals surface area contributed by atoms with E-state index in [2.05, 4.69) is 15.3 Å². The van der Waals surface area contributed by atoms with Gasteiger partial charge in [0.1, 0.15) is 0 Å². The van der Waals surface area contributed by atoms with Crippen LogP contribution in [-0.2, 0) is 9.59 Å². The lowest BCUT2D eigenvalue weighted by atomic mass is 10.1. The number of hydrogen-bond donors (Lipinski definition) is 1. The van der Waals surface area contributed by atoms with Crippen molar-refractivity contribution < 1.29 is 14.4 Å². The number of nitrogens with zero attached hydrogens (tertiary/aromatic N) is 6. The lowest BCUT2D eigenvalue weighted by Gasteiger charge is -2.39. The summed E-state index contributed by atoms with van der Waals surface area (Å²) < 4.78 is 1.95. The van der Waals surface area contributed by atoms with Crippen molar-refractivity contribution in [2.75, 3.05) is 26.0 Å². The number of imide groups is 1. The van der Waals surface area contributed by atoms with Crippen molar-refractivity contribution in [3.05, 3.63) is 42.0 Å². The molecule has 2 unspecified atom stereocenters. The Kier molecular flexibility index (Phi) is 4.47. The number of nitrogens with one attached hydrogen (secondary N) is 1. The maximum absolute atomic E-state index is 12.7. The molecule has 0 spiro atoms. The van der Waals surface area contributed by atoms with Gasteiger partial charge in [0.05, 0.1) is 18.6 Å². The van der Waals surface area contributed by atoms with Crippen molar-refractivity contribution in [3.8, 4) is 11.3 Å². The van der Waals surface area contributed by atoms with Gasteiger partial charge in [0.25, 0.3) is 5.91 Å². The zero-order valence-corrected chi connectivity index (χ0v) is 17.6. The molecule has 2 aliphatic rings. The molecule has 158 valence electrons. The standard InChI is InChI=1S/C20H19N7O3S/c1-24-17-16(18(29)25(2)20(24)30)27(11-21-17)10-15(28)22-13-5-3-4-12(8-13)14-9-26-6-7-31-19(26)23-14/h3-9,11,16-17H,10H2,1-2H3,(H,22,28). The molecule has 0 bridgehead atoms. The van der Waals surface area contributed by atoms with Crippen molar-refractivity contribution >= 4 is 46.2 Å². The Labute approximate surface area is 181 Å². The fourth-order valence-electron chi connectivity index (χ4n) is 3.83. The van der Waals surface area contributed by atoms with E-state index >= 15 is 0 Å². The summed E-state index contributed by atoms with van der Waals surface area (Å²) in [5.74, 6) is -0.662. The van der Waals surface area contributed by atoms with Crippen LogP contribution in [-0.4, -0.2) is 81.1 Å². The summed E-state index contributed by atoms with van der Waals surface area (Å²) in [5, 5.41) is 4.84. The first-order valence-corrected chi connectivity index (χ1v) is 10.5. The third-order valence-corrected chi connectivity index (χ3v) is 6.21. The van der Waals surface area contributed by atoms with Crippen LogP contribution >= 0.6 is 11.3 Å². The Balaban J connectivity index is 1.29. The molecule has 1 N–H and O–H groups in total. The number of carbonyl (C=O) groups is 3. The minimum Gasteiger partial charge on any atom is -0.338 e. The Bertz CT molecular complexity index is 1200. The maximum atomic E-state index is 12.7. The highest BCUT2D eigenvalue weighted by molar-refractivity contribution is 7.15. The van der Waals surface area contributed by atoms with Crippen LogP contribution in [0.15, 0.2) is 47.0 Å². The molecule has 10 nitrogen and oxygen atoms in total. The van der Waals surface area contributed by atoms with Gasteiger partial charge in [-0.3, -0.25) is 18.9 Å². The van der Waals surface area contributed by atoms with E-state index in [4.69, 9.17) is 0 Å². The number of anilines is 1. The number of thiazole rings is 1. The number of likely N-dealkylation sites (N-methyl/N-ethyl adjacent to an activating group) is 2. The van der Waals surface area contributed by atoms with E-state index in [-0.39, 0.29) is 18.4 Å². The SMILES string of the molecule is CN1C(=O)C2C(N=CN2CC(=O)Nc2cccc(-c3cn4ccsc4n3)c2)N(C)C1=O. The first kappa shape index (κ1) is 19.2. The van der Waals surface area contributed by atoms with Crippen LogP contribution in [0.3, 0.4) is 0 Å². The second-order valence-electron chi connectivity index (χ2n) is 7.43. The van der Waals surface area contributed by atoms with Crippen LogP contribution in [0.5, 0.6) is 0 Å². The third-order valence-electron chi connectivity index (χ3n) is 5.44. The largest absolute Gasteiger partial charge is 0.338 e. The van der Waals surface area contributed by atoms with Gasteiger partial charge in [-0.2, -0.15) is 0 Å². The van der Waals surface area contributed by atoms with Crippen molar-refractivity contribution in [1.82, 2.24) is 24.1 Å². The quantitative estimate of drug-likeness (QED) is 0.667. The molecule has 4 heterocycles. The summed E-state index contributed by atoms with van der Waals surface area (Å²) in [4.78, 5) is 51.1. The lowest BCUT2D eigenvalue weighted by molar-refractivity contribution is -0.136. The van der Waals surface area contributed by atoms with E-state index in [0.717, 1.165) is 21.1 Å². The molecule has 2 atom stereocenters. The number of hydrogen-bond acceptors (Lipinski definition) is 7. The van der Waals surface area contributed by atoms with Gasteiger partial charge >= 0.3 is 6.03 Å². The number of fused-ring (bicyclic) bond motifs is 2. The molecule has 5 rings (SSSR count). The van der Waals surface area contributed by atoms with Gasteiger partial charge in [0, 0.05) is 43.1 Å². The molecule has 11 heteroatoms. The molecule has 1 saturated heterocycles. The number of benzene rings is 1. The Morgan fingerprint density at radius 3 is 2.90 bits per heavy atom. The second kappa shape index (κ2) is 7.20. The highest BCUT2D eigenvalue weighted by Gasteiger charge is 2.48. The van der Waals surface area contributed by atoms with Crippen molar-refractivity contribution in [2.24, 2.45) is 4.99 Å². The molecule has 2 aliphatic heterocycles. The van der Waals surface area contributed by atoms with Crippen molar-refractivity contribution in [1.29, 1.82) is 0 Å². The molecule has 31 heavy (non-hydrogen) atoms. The molecule has 2 aromatic heterocycles. The normalized spacial score (nSPS) is 20.6. The van der Waals surface area contributed by atoms with Gasteiger partial charge in [-0.05, 0) is 12.1 Å². The number of carbonyl (C=O) groups excluding carboxylic acids is 3. The van der Waals surface area contributed by atoms with Crippen LogP contribution in [0, 0.1) is 0 Å². The third kappa shape index (κ3) is 3.22. The number of aliphatic imine (C=N–C) groups is 1. The maximum Gasteiger partial charge on any atom is 0.328 e. The number of rotatable bonds is 4. The average Bonchev–Trinajstić information content (AvgIpc) is 3.46. The van der Waals surface area contributed by atoms with E-state index in [1.807, 2.05) is 40.4 Å². The highest BCUT2D eigenvalue weighted by atomic mass is 32.1. The predicted octanol–water partition coefficient (Wildman–Crippen LogP) is 1.56. The summed E-state index contributed by atoms with van der Waals surface area (Å²) in [6.45, 7) is -0.0588. The van der Waals surface area contributed by atoms with Gasteiger partial charge in [-0.25, -0.2) is 14.8 Å². The molecule has 4 amide bonds. The monoisotopic (exact) mass is 437 g/mol. The molecule has 0 saturated carbocycles. The van der Waals surface area contributed by atoms with E-state index in [1.54, 1.807) is 29.4 Å². The fraction of sp³-hybridized carbons (Fsp3) is 0.250. The Morgan fingerprint density at radius 1 is 1.26 bits per heavy atom. The zero-order chi connectivity index (χ0) is 21.7.